The lowest BCUT2D eigenvalue weighted by molar-refractivity contribution is 0.579. The van der Waals surface area contributed by atoms with Crippen LogP contribution in [0.15, 0.2) is 18.2 Å². The van der Waals surface area contributed by atoms with Gasteiger partial charge in [-0.2, -0.15) is 0 Å². The van der Waals surface area contributed by atoms with Gasteiger partial charge in [0.15, 0.2) is 0 Å². The van der Waals surface area contributed by atoms with Gasteiger partial charge in [0.25, 0.3) is 0 Å². The molecule has 0 bridgehead atoms. The fourth-order valence-electron chi connectivity index (χ4n) is 1.37. The van der Waals surface area contributed by atoms with Crippen LogP contribution in [0.4, 0.5) is 4.39 Å². The lowest BCUT2D eigenvalue weighted by atomic mass is 10.2. The molecule has 0 aliphatic rings. The molecule has 0 amide bonds. The van der Waals surface area contributed by atoms with E-state index in [0.717, 1.165) is 0 Å². The van der Waals surface area contributed by atoms with Crippen molar-refractivity contribution in [1.82, 2.24) is 5.32 Å². The Bertz CT molecular complexity index is 456. The summed E-state index contributed by atoms with van der Waals surface area (Å²) < 4.78 is 35.1. The van der Waals surface area contributed by atoms with E-state index in [4.69, 9.17) is 11.6 Å². The molecule has 0 aliphatic carbocycles. The number of halogens is 2. The molecule has 0 aromatic heterocycles. The normalized spacial score (nSPS) is 11.7. The number of nitrogens with one attached hydrogen (secondary N) is 1. The molecule has 0 saturated heterocycles. The number of hydrogen-bond acceptors (Lipinski definition) is 3. The summed E-state index contributed by atoms with van der Waals surface area (Å²) in [7, 11) is -2.93. The van der Waals surface area contributed by atoms with Gasteiger partial charge in [0, 0.05) is 23.4 Å². The summed E-state index contributed by atoms with van der Waals surface area (Å²) in [6.07, 6.45) is 1.70. The highest BCUT2D eigenvalue weighted by atomic mass is 35.5. The monoisotopic (exact) mass is 279 g/mol. The maximum Gasteiger partial charge on any atom is 0.147 e. The number of rotatable bonds is 6. The van der Waals surface area contributed by atoms with Crippen LogP contribution < -0.4 is 5.32 Å². The Morgan fingerprint density at radius 3 is 2.71 bits per heavy atom. The van der Waals surface area contributed by atoms with Gasteiger partial charge in [-0.05, 0) is 25.1 Å². The van der Waals surface area contributed by atoms with Gasteiger partial charge in [0.2, 0.25) is 0 Å². The van der Waals surface area contributed by atoms with Crippen LogP contribution in [0.1, 0.15) is 12.0 Å². The van der Waals surface area contributed by atoms with Crippen LogP contribution in [0.3, 0.4) is 0 Å². The van der Waals surface area contributed by atoms with Crippen molar-refractivity contribution in [1.29, 1.82) is 0 Å². The Morgan fingerprint density at radius 1 is 1.41 bits per heavy atom. The minimum atomic E-state index is -2.93. The van der Waals surface area contributed by atoms with Crippen molar-refractivity contribution in [3.8, 4) is 0 Å². The molecule has 0 fully saturated rings. The van der Waals surface area contributed by atoms with Gasteiger partial charge < -0.3 is 5.32 Å². The second kappa shape index (κ2) is 6.33. The number of benzene rings is 1. The maximum absolute atomic E-state index is 13.3. The smallest absolute Gasteiger partial charge is 0.147 e. The van der Waals surface area contributed by atoms with Gasteiger partial charge in [-0.25, -0.2) is 12.8 Å². The summed E-state index contributed by atoms with van der Waals surface area (Å²) in [5.41, 5.74) is 0.411. The first kappa shape index (κ1) is 14.4. The molecule has 0 radical (unpaired) electrons. The Kier molecular flexibility index (Phi) is 5.36. The van der Waals surface area contributed by atoms with Gasteiger partial charge in [-0.15, -0.1) is 0 Å². The number of hydrogen-bond donors (Lipinski definition) is 1. The van der Waals surface area contributed by atoms with Gasteiger partial charge in [0.1, 0.15) is 15.7 Å². The van der Waals surface area contributed by atoms with E-state index in [9.17, 15) is 12.8 Å². The topological polar surface area (TPSA) is 46.2 Å². The molecule has 0 atom stereocenters. The SMILES string of the molecule is CS(=O)(=O)CCCNCc1c(F)cccc1Cl. The van der Waals surface area contributed by atoms with Crippen LogP contribution in [0, 0.1) is 5.82 Å². The van der Waals surface area contributed by atoms with E-state index in [0.29, 0.717) is 30.1 Å². The van der Waals surface area contributed by atoms with Crippen molar-refractivity contribution in [3.63, 3.8) is 0 Å². The summed E-state index contributed by atoms with van der Waals surface area (Å²) in [6, 6.07) is 4.52. The highest BCUT2D eigenvalue weighted by molar-refractivity contribution is 7.90. The first-order valence-electron chi connectivity index (χ1n) is 5.21. The average Bonchev–Trinajstić information content (AvgIpc) is 2.20. The van der Waals surface area contributed by atoms with Crippen LogP contribution in [0.5, 0.6) is 0 Å². The summed E-state index contributed by atoms with van der Waals surface area (Å²) >= 11 is 5.84. The van der Waals surface area contributed by atoms with Crippen LogP contribution in [0.25, 0.3) is 0 Å². The molecule has 0 heterocycles. The number of sulfone groups is 1. The van der Waals surface area contributed by atoms with Crippen LogP contribution in [-0.4, -0.2) is 27.0 Å². The van der Waals surface area contributed by atoms with Crippen LogP contribution in [-0.2, 0) is 16.4 Å². The van der Waals surface area contributed by atoms with Crippen molar-refractivity contribution in [2.75, 3.05) is 18.6 Å². The lowest BCUT2D eigenvalue weighted by Gasteiger charge is -2.07. The third-order valence-electron chi connectivity index (χ3n) is 2.23. The van der Waals surface area contributed by atoms with Crippen molar-refractivity contribution in [3.05, 3.63) is 34.6 Å². The van der Waals surface area contributed by atoms with Crippen LogP contribution >= 0.6 is 11.6 Å². The highest BCUT2D eigenvalue weighted by Gasteiger charge is 2.06. The third kappa shape index (κ3) is 5.48. The average molecular weight is 280 g/mol. The van der Waals surface area contributed by atoms with E-state index in [-0.39, 0.29) is 11.6 Å². The lowest BCUT2D eigenvalue weighted by Crippen LogP contribution is -2.18. The zero-order valence-corrected chi connectivity index (χ0v) is 11.1. The van der Waals surface area contributed by atoms with Gasteiger partial charge in [-0.1, -0.05) is 17.7 Å². The Labute approximate surface area is 106 Å². The molecule has 0 unspecified atom stereocenters. The second-order valence-corrected chi connectivity index (χ2v) is 6.53. The Morgan fingerprint density at radius 2 is 2.12 bits per heavy atom. The maximum atomic E-state index is 13.3. The van der Waals surface area contributed by atoms with E-state index >= 15 is 0 Å². The van der Waals surface area contributed by atoms with Crippen molar-refractivity contribution in [2.45, 2.75) is 13.0 Å². The van der Waals surface area contributed by atoms with E-state index in [2.05, 4.69) is 5.32 Å². The molecule has 1 N–H and O–H groups in total. The molecular formula is C11H15ClFNO2S. The molecule has 1 aromatic rings. The fourth-order valence-corrected chi connectivity index (χ4v) is 2.27. The fraction of sp³-hybridized carbons (Fsp3) is 0.455. The molecule has 6 heteroatoms. The predicted molar refractivity (Wildman–Crippen MR) is 67.4 cm³/mol. The van der Waals surface area contributed by atoms with Gasteiger partial charge in [0.05, 0.1) is 5.75 Å². The summed E-state index contributed by atoms with van der Waals surface area (Å²) in [5, 5.41) is 3.34. The Hall–Kier alpha value is -0.650. The van der Waals surface area contributed by atoms with Crippen molar-refractivity contribution < 1.29 is 12.8 Å². The Balaban J connectivity index is 2.37. The highest BCUT2D eigenvalue weighted by Crippen LogP contribution is 2.18. The molecule has 3 nitrogen and oxygen atoms in total. The zero-order chi connectivity index (χ0) is 12.9. The van der Waals surface area contributed by atoms with Crippen LogP contribution in [0.2, 0.25) is 5.02 Å². The molecular weight excluding hydrogens is 265 g/mol. The van der Waals surface area contributed by atoms with Gasteiger partial charge >= 0.3 is 0 Å². The first-order valence-corrected chi connectivity index (χ1v) is 7.65. The quantitative estimate of drug-likeness (QED) is 0.810. The molecule has 1 rings (SSSR count). The summed E-state index contributed by atoms with van der Waals surface area (Å²) in [4.78, 5) is 0. The summed E-state index contributed by atoms with van der Waals surface area (Å²) in [6.45, 7) is 0.813. The molecule has 0 aliphatic heterocycles. The standard InChI is InChI=1S/C11H15ClFNO2S/c1-17(15,16)7-3-6-14-8-9-10(12)4-2-5-11(9)13/h2,4-5,14H,3,6-8H2,1H3. The van der Waals surface area contributed by atoms with E-state index < -0.39 is 9.84 Å². The minimum absolute atomic E-state index is 0.130. The molecule has 1 aromatic carbocycles. The molecule has 17 heavy (non-hydrogen) atoms. The molecule has 0 spiro atoms. The molecule has 96 valence electrons. The first-order chi connectivity index (χ1) is 7.90. The molecule has 0 saturated carbocycles. The van der Waals surface area contributed by atoms with Gasteiger partial charge in [-0.3, -0.25) is 0 Å². The largest absolute Gasteiger partial charge is 0.312 e. The summed E-state index contributed by atoms with van der Waals surface area (Å²) in [5.74, 6) is -0.224. The van der Waals surface area contributed by atoms with E-state index in [1.54, 1.807) is 12.1 Å². The zero-order valence-electron chi connectivity index (χ0n) is 9.54. The minimum Gasteiger partial charge on any atom is -0.312 e. The third-order valence-corrected chi connectivity index (χ3v) is 3.62. The van der Waals surface area contributed by atoms with E-state index in [1.165, 1.54) is 12.3 Å². The second-order valence-electron chi connectivity index (χ2n) is 3.86. The van der Waals surface area contributed by atoms with Crippen molar-refractivity contribution >= 4 is 21.4 Å². The van der Waals surface area contributed by atoms with Crippen molar-refractivity contribution in [2.24, 2.45) is 0 Å². The van der Waals surface area contributed by atoms with E-state index in [1.807, 2.05) is 0 Å². The predicted octanol–water partition coefficient (Wildman–Crippen LogP) is 2.00.